The van der Waals surface area contributed by atoms with Crippen LogP contribution in [0.15, 0.2) is 18.2 Å². The fourth-order valence-electron chi connectivity index (χ4n) is 4.08. The Morgan fingerprint density at radius 2 is 1.88 bits per heavy atom. The Morgan fingerprint density at radius 3 is 2.50 bits per heavy atom. The highest BCUT2D eigenvalue weighted by atomic mass is 16.2. The third-order valence-corrected chi connectivity index (χ3v) is 5.49. The molecule has 2 aromatic rings. The number of aryl methyl sites for hydroxylation is 2. The van der Waals surface area contributed by atoms with Crippen LogP contribution in [0.2, 0.25) is 0 Å². The van der Waals surface area contributed by atoms with Crippen LogP contribution in [-0.4, -0.2) is 44.7 Å². The Kier molecular flexibility index (Phi) is 5.25. The van der Waals surface area contributed by atoms with E-state index in [0.29, 0.717) is 6.54 Å². The van der Waals surface area contributed by atoms with Crippen molar-refractivity contribution in [1.82, 2.24) is 30.4 Å². The minimum Gasteiger partial charge on any atom is -0.338 e. The third kappa shape index (κ3) is 3.06. The van der Waals surface area contributed by atoms with Gasteiger partial charge in [-0.2, -0.15) is 4.68 Å². The summed E-state index contributed by atoms with van der Waals surface area (Å²) in [5.74, 6) is 0.753. The van der Waals surface area contributed by atoms with E-state index < -0.39 is 5.54 Å². The second kappa shape index (κ2) is 7.43. The molecule has 1 heterocycles. The summed E-state index contributed by atoms with van der Waals surface area (Å²) < 4.78 is 1.84. The number of carbonyl (C=O) groups excluding carboxylic acids is 1. The van der Waals surface area contributed by atoms with Gasteiger partial charge in [-0.25, -0.2) is 4.79 Å². The Bertz CT molecular complexity index is 758. The van der Waals surface area contributed by atoms with Crippen LogP contribution in [0.1, 0.15) is 56.0 Å². The summed E-state index contributed by atoms with van der Waals surface area (Å²) >= 11 is 0. The van der Waals surface area contributed by atoms with Crippen molar-refractivity contribution in [3.05, 3.63) is 35.2 Å². The van der Waals surface area contributed by atoms with Gasteiger partial charge in [-0.15, -0.1) is 5.10 Å². The number of hydrogen-bond donors (Lipinski definition) is 1. The molecule has 1 saturated carbocycles. The molecule has 1 fully saturated rings. The van der Waals surface area contributed by atoms with Gasteiger partial charge >= 0.3 is 6.03 Å². The van der Waals surface area contributed by atoms with E-state index in [4.69, 9.17) is 0 Å². The summed E-state index contributed by atoms with van der Waals surface area (Å²) in [6.07, 6.45) is 5.03. The number of tetrazole rings is 1. The van der Waals surface area contributed by atoms with Crippen LogP contribution >= 0.6 is 0 Å². The minimum atomic E-state index is -0.490. The molecule has 1 aromatic carbocycles. The lowest BCUT2D eigenvalue weighted by molar-refractivity contribution is 0.0865. The maximum Gasteiger partial charge on any atom is 0.317 e. The molecule has 0 atom stereocenters. The van der Waals surface area contributed by atoms with Gasteiger partial charge in [0, 0.05) is 13.6 Å². The molecule has 1 N–H and O–H groups in total. The minimum absolute atomic E-state index is 0.0783. The molecule has 1 aromatic heterocycles. The molecule has 2 amide bonds. The monoisotopic (exact) mass is 356 g/mol. The highest BCUT2D eigenvalue weighted by Gasteiger charge is 2.45. The van der Waals surface area contributed by atoms with Crippen LogP contribution in [-0.2, 0) is 5.54 Å². The molecule has 7 heteroatoms. The summed E-state index contributed by atoms with van der Waals surface area (Å²) in [5, 5.41) is 15.6. The molecular formula is C19H28N6O. The number of amides is 2. The molecule has 0 radical (unpaired) electrons. The maximum absolute atomic E-state index is 12.7. The van der Waals surface area contributed by atoms with E-state index in [9.17, 15) is 4.79 Å². The number of carbonyl (C=O) groups is 1. The van der Waals surface area contributed by atoms with Gasteiger partial charge in [-0.1, -0.05) is 37.5 Å². The van der Waals surface area contributed by atoms with Crippen molar-refractivity contribution < 1.29 is 4.79 Å². The van der Waals surface area contributed by atoms with E-state index in [1.165, 1.54) is 6.42 Å². The zero-order valence-electron chi connectivity index (χ0n) is 16.1. The van der Waals surface area contributed by atoms with Crippen molar-refractivity contribution in [1.29, 1.82) is 0 Å². The molecule has 3 rings (SSSR count). The maximum atomic E-state index is 12.7. The molecule has 140 valence electrons. The fraction of sp³-hybridized carbons (Fsp3) is 0.579. The smallest absolute Gasteiger partial charge is 0.317 e. The van der Waals surface area contributed by atoms with Gasteiger partial charge in [-0.05, 0) is 55.2 Å². The van der Waals surface area contributed by atoms with E-state index in [-0.39, 0.29) is 6.03 Å². The summed E-state index contributed by atoms with van der Waals surface area (Å²) in [4.78, 5) is 14.5. The van der Waals surface area contributed by atoms with Crippen molar-refractivity contribution in [3.63, 3.8) is 0 Å². The summed E-state index contributed by atoms with van der Waals surface area (Å²) in [5.41, 5.74) is 2.74. The van der Waals surface area contributed by atoms with Crippen molar-refractivity contribution >= 4 is 6.03 Å². The average Bonchev–Trinajstić information content (AvgIpc) is 3.11. The predicted octanol–water partition coefficient (Wildman–Crippen LogP) is 3.10. The van der Waals surface area contributed by atoms with E-state index in [1.807, 2.05) is 29.6 Å². The Balaban J connectivity index is 2.13. The molecule has 0 spiro atoms. The van der Waals surface area contributed by atoms with E-state index in [1.54, 1.807) is 0 Å². The van der Waals surface area contributed by atoms with Gasteiger partial charge in [0.25, 0.3) is 0 Å². The number of hydrogen-bond acceptors (Lipinski definition) is 4. The van der Waals surface area contributed by atoms with Crippen molar-refractivity contribution in [2.75, 3.05) is 13.6 Å². The second-order valence-corrected chi connectivity index (χ2v) is 7.14. The van der Waals surface area contributed by atoms with Gasteiger partial charge < -0.3 is 10.2 Å². The zero-order chi connectivity index (χ0) is 18.7. The number of aromatic nitrogens is 4. The van der Waals surface area contributed by atoms with Crippen LogP contribution in [0.3, 0.4) is 0 Å². The molecule has 1 aliphatic carbocycles. The molecule has 26 heavy (non-hydrogen) atoms. The molecular weight excluding hydrogens is 328 g/mol. The first-order valence-electron chi connectivity index (χ1n) is 9.38. The van der Waals surface area contributed by atoms with Gasteiger partial charge in [-0.3, -0.25) is 0 Å². The number of benzene rings is 1. The van der Waals surface area contributed by atoms with Crippen LogP contribution in [0.25, 0.3) is 5.69 Å². The largest absolute Gasteiger partial charge is 0.338 e. The number of rotatable bonds is 4. The first kappa shape index (κ1) is 18.4. The van der Waals surface area contributed by atoms with Crippen LogP contribution in [0.5, 0.6) is 0 Å². The van der Waals surface area contributed by atoms with Crippen molar-refractivity contribution in [2.24, 2.45) is 0 Å². The third-order valence-electron chi connectivity index (χ3n) is 5.49. The lowest BCUT2D eigenvalue weighted by Crippen LogP contribution is -2.53. The number of para-hydroxylation sites is 1. The lowest BCUT2D eigenvalue weighted by atomic mass is 9.79. The molecule has 0 aliphatic heterocycles. The molecule has 0 unspecified atom stereocenters. The van der Waals surface area contributed by atoms with Gasteiger partial charge in [0.15, 0.2) is 5.82 Å². The van der Waals surface area contributed by atoms with Crippen molar-refractivity contribution in [2.45, 2.75) is 58.4 Å². The Hall–Kier alpha value is -2.44. The van der Waals surface area contributed by atoms with Gasteiger partial charge in [0.1, 0.15) is 5.54 Å². The van der Waals surface area contributed by atoms with Crippen molar-refractivity contribution in [3.8, 4) is 5.69 Å². The first-order valence-corrected chi connectivity index (χ1v) is 9.38. The summed E-state index contributed by atoms with van der Waals surface area (Å²) in [6.45, 7) is 6.66. The lowest BCUT2D eigenvalue weighted by Gasteiger charge is -2.43. The van der Waals surface area contributed by atoms with E-state index >= 15 is 0 Å². The normalized spacial score (nSPS) is 16.3. The summed E-state index contributed by atoms with van der Waals surface area (Å²) in [6, 6.07) is 6.09. The Morgan fingerprint density at radius 1 is 1.23 bits per heavy atom. The van der Waals surface area contributed by atoms with Gasteiger partial charge in [0.2, 0.25) is 0 Å². The second-order valence-electron chi connectivity index (χ2n) is 7.14. The quantitative estimate of drug-likeness (QED) is 0.913. The topological polar surface area (TPSA) is 75.9 Å². The SMILES string of the molecule is CCNC(=O)N(C)C1(c2nnnn2-c2c(C)cccc2C)CCCCC1. The number of nitrogens with one attached hydrogen (secondary N) is 1. The van der Waals surface area contributed by atoms with Crippen LogP contribution in [0.4, 0.5) is 4.79 Å². The van der Waals surface area contributed by atoms with Gasteiger partial charge in [0.05, 0.1) is 5.69 Å². The van der Waals surface area contributed by atoms with Crippen LogP contribution in [0, 0.1) is 13.8 Å². The average molecular weight is 356 g/mol. The number of urea groups is 1. The van der Waals surface area contributed by atoms with E-state index in [0.717, 1.165) is 48.3 Å². The molecule has 1 aliphatic rings. The Labute approximate surface area is 154 Å². The van der Waals surface area contributed by atoms with E-state index in [2.05, 4.69) is 46.8 Å². The van der Waals surface area contributed by atoms with Crippen LogP contribution < -0.4 is 5.32 Å². The molecule has 0 saturated heterocycles. The fourth-order valence-corrected chi connectivity index (χ4v) is 4.08. The summed E-state index contributed by atoms with van der Waals surface area (Å²) in [7, 11) is 1.86. The molecule has 7 nitrogen and oxygen atoms in total. The first-order chi connectivity index (χ1) is 12.5. The zero-order valence-corrected chi connectivity index (χ0v) is 16.1. The predicted molar refractivity (Wildman–Crippen MR) is 100 cm³/mol. The highest BCUT2D eigenvalue weighted by molar-refractivity contribution is 5.75. The molecule has 0 bridgehead atoms. The standard InChI is InChI=1S/C19H28N6O/c1-5-20-18(26)24(4)19(12-7-6-8-13-19)17-21-22-23-25(17)16-14(2)10-9-11-15(16)3/h9-11H,5-8,12-13H2,1-4H3,(H,20,26). The number of nitrogens with zero attached hydrogens (tertiary/aromatic N) is 5. The highest BCUT2D eigenvalue weighted by Crippen LogP contribution is 2.41.